The third-order valence-electron chi connectivity index (χ3n) is 2.96. The fourth-order valence-corrected chi connectivity index (χ4v) is 2.95. The van der Waals surface area contributed by atoms with Crippen molar-refractivity contribution in [1.82, 2.24) is 20.1 Å². The summed E-state index contributed by atoms with van der Waals surface area (Å²) < 4.78 is 1.95. The first kappa shape index (κ1) is 12.3. The van der Waals surface area contributed by atoms with Gasteiger partial charge in [0, 0.05) is 30.1 Å². The van der Waals surface area contributed by atoms with Crippen LogP contribution in [-0.2, 0) is 13.5 Å². The van der Waals surface area contributed by atoms with Crippen LogP contribution in [0.15, 0.2) is 11.6 Å². The van der Waals surface area contributed by atoms with Crippen molar-refractivity contribution in [3.63, 3.8) is 0 Å². The van der Waals surface area contributed by atoms with Gasteiger partial charge in [0.15, 0.2) is 0 Å². The molecule has 1 atom stereocenters. The molecule has 2 heterocycles. The maximum atomic E-state index is 4.38. The number of rotatable bonds is 4. The van der Waals surface area contributed by atoms with Crippen LogP contribution in [0.1, 0.15) is 28.0 Å². The van der Waals surface area contributed by atoms with E-state index in [1.165, 1.54) is 10.6 Å². The van der Waals surface area contributed by atoms with E-state index in [-0.39, 0.29) is 0 Å². The smallest absolute Gasteiger partial charge is 0.0798 e. The zero-order valence-electron chi connectivity index (χ0n) is 10.7. The molecule has 1 unspecified atom stereocenters. The molecule has 0 aromatic carbocycles. The van der Waals surface area contributed by atoms with Gasteiger partial charge in [-0.15, -0.1) is 11.3 Å². The van der Waals surface area contributed by atoms with Gasteiger partial charge in [-0.2, -0.15) is 5.10 Å². The highest BCUT2D eigenvalue weighted by Crippen LogP contribution is 2.24. The molecule has 2 rings (SSSR count). The molecule has 1 N–H and O–H groups in total. The average molecular weight is 250 g/mol. The third-order valence-corrected chi connectivity index (χ3v) is 4.00. The van der Waals surface area contributed by atoms with Crippen molar-refractivity contribution in [2.24, 2.45) is 7.05 Å². The van der Waals surface area contributed by atoms with E-state index in [1.807, 2.05) is 31.2 Å². The molecule has 17 heavy (non-hydrogen) atoms. The summed E-state index contributed by atoms with van der Waals surface area (Å²) in [5.41, 5.74) is 5.34. The van der Waals surface area contributed by atoms with Crippen molar-refractivity contribution in [1.29, 1.82) is 0 Å². The number of hydrogen-bond donors (Lipinski definition) is 1. The summed E-state index contributed by atoms with van der Waals surface area (Å²) in [6, 6.07) is 2.46. The predicted octanol–water partition coefficient (Wildman–Crippen LogP) is 2.00. The van der Waals surface area contributed by atoms with E-state index in [9.17, 15) is 0 Å². The molecule has 0 saturated carbocycles. The summed E-state index contributed by atoms with van der Waals surface area (Å²) in [6.07, 6.45) is 0.941. The van der Waals surface area contributed by atoms with Crippen molar-refractivity contribution in [2.45, 2.75) is 26.3 Å². The van der Waals surface area contributed by atoms with Crippen LogP contribution in [0.5, 0.6) is 0 Å². The molecule has 0 fully saturated rings. The number of nitrogens with zero attached hydrogens (tertiary/aromatic N) is 3. The Morgan fingerprint density at radius 3 is 2.71 bits per heavy atom. The van der Waals surface area contributed by atoms with Crippen LogP contribution in [-0.4, -0.2) is 21.8 Å². The Balaban J connectivity index is 2.21. The molecule has 2 aromatic heterocycles. The van der Waals surface area contributed by atoms with Gasteiger partial charge in [-0.1, -0.05) is 0 Å². The number of aromatic nitrogens is 3. The monoisotopic (exact) mass is 250 g/mol. The molecule has 92 valence electrons. The van der Waals surface area contributed by atoms with Crippen molar-refractivity contribution in [2.75, 3.05) is 7.05 Å². The average Bonchev–Trinajstić information content (AvgIpc) is 2.82. The van der Waals surface area contributed by atoms with Crippen LogP contribution >= 0.6 is 11.3 Å². The van der Waals surface area contributed by atoms with Gasteiger partial charge in [-0.25, -0.2) is 4.98 Å². The van der Waals surface area contributed by atoms with Crippen LogP contribution in [0, 0.1) is 13.8 Å². The first-order valence-corrected chi connectivity index (χ1v) is 6.56. The van der Waals surface area contributed by atoms with Crippen LogP contribution in [0.3, 0.4) is 0 Å². The van der Waals surface area contributed by atoms with Gasteiger partial charge in [0.05, 0.1) is 16.9 Å². The highest BCUT2D eigenvalue weighted by Gasteiger charge is 2.16. The topological polar surface area (TPSA) is 42.7 Å². The molecule has 0 aliphatic heterocycles. The maximum absolute atomic E-state index is 4.38. The zero-order chi connectivity index (χ0) is 12.4. The molecule has 0 bridgehead atoms. The lowest BCUT2D eigenvalue weighted by atomic mass is 10.1. The Morgan fingerprint density at radius 2 is 2.24 bits per heavy atom. The van der Waals surface area contributed by atoms with Gasteiger partial charge in [0.2, 0.25) is 0 Å². The molecule has 2 aromatic rings. The maximum Gasteiger partial charge on any atom is 0.0798 e. The number of aryl methyl sites for hydroxylation is 3. The molecule has 5 heteroatoms. The molecular formula is C12H18N4S. The largest absolute Gasteiger partial charge is 0.312 e. The Labute approximate surface area is 106 Å². The minimum atomic E-state index is 0.317. The Hall–Kier alpha value is -1.20. The number of nitrogens with one attached hydrogen (secondary N) is 1. The molecule has 0 aliphatic rings. The third kappa shape index (κ3) is 2.56. The number of hydrogen-bond acceptors (Lipinski definition) is 4. The van der Waals surface area contributed by atoms with E-state index in [2.05, 4.69) is 28.4 Å². The van der Waals surface area contributed by atoms with Gasteiger partial charge in [-0.05, 0) is 27.0 Å². The van der Waals surface area contributed by atoms with E-state index in [1.54, 1.807) is 11.3 Å². The summed E-state index contributed by atoms with van der Waals surface area (Å²) in [5.74, 6) is 0. The highest BCUT2D eigenvalue weighted by molar-refractivity contribution is 7.09. The molecule has 0 radical (unpaired) electrons. The SMILES string of the molecule is CNC(Cc1cc(C)nn1C)c1scnc1C. The Bertz CT molecular complexity index is 500. The van der Waals surface area contributed by atoms with E-state index in [4.69, 9.17) is 0 Å². The van der Waals surface area contributed by atoms with E-state index >= 15 is 0 Å². The first-order chi connectivity index (χ1) is 8.11. The first-order valence-electron chi connectivity index (χ1n) is 5.68. The van der Waals surface area contributed by atoms with Crippen molar-refractivity contribution >= 4 is 11.3 Å². The lowest BCUT2D eigenvalue weighted by Crippen LogP contribution is -2.20. The molecule has 0 spiro atoms. The molecule has 4 nitrogen and oxygen atoms in total. The van der Waals surface area contributed by atoms with Crippen LogP contribution in [0.2, 0.25) is 0 Å². The zero-order valence-corrected chi connectivity index (χ0v) is 11.5. The van der Waals surface area contributed by atoms with Gasteiger partial charge < -0.3 is 5.32 Å². The lowest BCUT2D eigenvalue weighted by molar-refractivity contribution is 0.566. The Morgan fingerprint density at radius 1 is 1.47 bits per heavy atom. The van der Waals surface area contributed by atoms with Gasteiger partial charge in [0.1, 0.15) is 0 Å². The second kappa shape index (κ2) is 4.98. The van der Waals surface area contributed by atoms with Gasteiger partial charge >= 0.3 is 0 Å². The van der Waals surface area contributed by atoms with Crippen LogP contribution < -0.4 is 5.32 Å². The molecule has 0 amide bonds. The normalized spacial score (nSPS) is 12.9. The lowest BCUT2D eigenvalue weighted by Gasteiger charge is -2.15. The second-order valence-electron chi connectivity index (χ2n) is 4.25. The number of thiazole rings is 1. The second-order valence-corrected chi connectivity index (χ2v) is 5.13. The number of likely N-dealkylation sites (N-methyl/N-ethyl adjacent to an activating group) is 1. The van der Waals surface area contributed by atoms with Crippen molar-refractivity contribution in [3.05, 3.63) is 33.5 Å². The minimum absolute atomic E-state index is 0.317. The summed E-state index contributed by atoms with van der Waals surface area (Å²) in [4.78, 5) is 5.62. The molecule has 0 saturated heterocycles. The highest BCUT2D eigenvalue weighted by atomic mass is 32.1. The van der Waals surface area contributed by atoms with Crippen LogP contribution in [0.4, 0.5) is 0 Å². The summed E-state index contributed by atoms with van der Waals surface area (Å²) in [5, 5.41) is 7.74. The van der Waals surface area contributed by atoms with Crippen molar-refractivity contribution < 1.29 is 0 Å². The summed E-state index contributed by atoms with van der Waals surface area (Å²) in [7, 11) is 3.99. The molecule has 0 aliphatic carbocycles. The fraction of sp³-hybridized carbons (Fsp3) is 0.500. The van der Waals surface area contributed by atoms with E-state index < -0.39 is 0 Å². The van der Waals surface area contributed by atoms with Crippen LogP contribution in [0.25, 0.3) is 0 Å². The quantitative estimate of drug-likeness (QED) is 0.902. The predicted molar refractivity (Wildman–Crippen MR) is 70.3 cm³/mol. The summed E-state index contributed by atoms with van der Waals surface area (Å²) in [6.45, 7) is 4.08. The van der Waals surface area contributed by atoms with Gasteiger partial charge in [0.25, 0.3) is 0 Å². The van der Waals surface area contributed by atoms with E-state index in [0.29, 0.717) is 6.04 Å². The standard InChI is InChI=1S/C12H18N4S/c1-8-5-10(16(4)15-8)6-11(13-3)12-9(2)14-7-17-12/h5,7,11,13H,6H2,1-4H3. The van der Waals surface area contributed by atoms with E-state index in [0.717, 1.165) is 17.8 Å². The Kier molecular flexibility index (Phi) is 3.59. The molecular weight excluding hydrogens is 232 g/mol. The fourth-order valence-electron chi connectivity index (χ4n) is 2.04. The van der Waals surface area contributed by atoms with Gasteiger partial charge in [-0.3, -0.25) is 4.68 Å². The minimum Gasteiger partial charge on any atom is -0.312 e. The summed E-state index contributed by atoms with van der Waals surface area (Å²) >= 11 is 1.71. The van der Waals surface area contributed by atoms with Crippen molar-refractivity contribution in [3.8, 4) is 0 Å².